The molecule has 2 amide bonds. The Bertz CT molecular complexity index is 1280. The van der Waals surface area contributed by atoms with Crippen LogP contribution in [0.3, 0.4) is 0 Å². The summed E-state index contributed by atoms with van der Waals surface area (Å²) in [7, 11) is -3.04. The van der Waals surface area contributed by atoms with E-state index in [1.165, 1.54) is 24.8 Å². The number of benzene rings is 2. The van der Waals surface area contributed by atoms with Crippen LogP contribution in [-0.2, 0) is 22.2 Å². The predicted molar refractivity (Wildman–Crippen MR) is 120 cm³/mol. The number of rotatable bonds is 3. The van der Waals surface area contributed by atoms with Gasteiger partial charge in [-0.2, -0.15) is 0 Å². The Kier molecular flexibility index (Phi) is 5.02. The van der Waals surface area contributed by atoms with E-state index in [0.29, 0.717) is 5.92 Å². The molecule has 8 heteroatoms. The van der Waals surface area contributed by atoms with Crippen LogP contribution in [0.1, 0.15) is 53.9 Å². The molecular formula is C23H23N3O4S. The van der Waals surface area contributed by atoms with Crippen LogP contribution in [0.25, 0.3) is 22.2 Å². The molecule has 5 rings (SSSR count). The highest BCUT2D eigenvalue weighted by molar-refractivity contribution is 7.71. The first kappa shape index (κ1) is 19.8. The third kappa shape index (κ3) is 3.50. The van der Waals surface area contributed by atoms with Crippen LogP contribution in [0.15, 0.2) is 42.5 Å². The smallest absolute Gasteiger partial charge is 0.264 e. The third-order valence-corrected chi connectivity index (χ3v) is 6.72. The summed E-state index contributed by atoms with van der Waals surface area (Å²) in [6.45, 7) is 0.133. The third-order valence-electron chi connectivity index (χ3n) is 6.33. The van der Waals surface area contributed by atoms with Gasteiger partial charge in [-0.3, -0.25) is 14.3 Å². The van der Waals surface area contributed by atoms with Gasteiger partial charge < -0.3 is 9.88 Å². The molecule has 2 aliphatic rings. The number of amides is 2. The van der Waals surface area contributed by atoms with Gasteiger partial charge >= 0.3 is 0 Å². The number of carbonyl (C=O) groups is 2. The summed E-state index contributed by atoms with van der Waals surface area (Å²) in [4.78, 5) is 25.0. The summed E-state index contributed by atoms with van der Waals surface area (Å²) in [6.07, 6.45) is 5.77. The molecule has 2 heterocycles. The van der Waals surface area contributed by atoms with Gasteiger partial charge in [0.05, 0.1) is 16.9 Å². The van der Waals surface area contributed by atoms with E-state index in [1.54, 1.807) is 12.1 Å². The number of thiol groups is 1. The number of hydrogen-bond donors (Lipinski definition) is 3. The molecular weight excluding hydrogens is 414 g/mol. The normalized spacial score (nSPS) is 16.5. The summed E-state index contributed by atoms with van der Waals surface area (Å²) in [6, 6.07) is 13.1. The van der Waals surface area contributed by atoms with Crippen LogP contribution in [0.2, 0.25) is 0 Å². The largest absolute Gasteiger partial charge is 0.331 e. The zero-order chi connectivity index (χ0) is 21.5. The molecule has 7 nitrogen and oxygen atoms in total. The molecule has 2 aromatic carbocycles. The fraction of sp³-hybridized carbons (Fsp3) is 0.304. The molecule has 0 bridgehead atoms. The van der Waals surface area contributed by atoms with Gasteiger partial charge in [-0.05, 0) is 42.5 Å². The van der Waals surface area contributed by atoms with Crippen molar-refractivity contribution in [1.82, 2.24) is 9.29 Å². The van der Waals surface area contributed by atoms with Crippen molar-refractivity contribution in [1.29, 1.82) is 0 Å². The first-order valence-electron chi connectivity index (χ1n) is 10.5. The van der Waals surface area contributed by atoms with E-state index in [-0.39, 0.29) is 18.0 Å². The Morgan fingerprint density at radius 3 is 2.61 bits per heavy atom. The molecule has 1 aromatic heterocycles. The van der Waals surface area contributed by atoms with Crippen molar-refractivity contribution >= 4 is 39.3 Å². The van der Waals surface area contributed by atoms with Crippen molar-refractivity contribution in [3.63, 3.8) is 0 Å². The maximum atomic E-state index is 12.7. The lowest BCUT2D eigenvalue weighted by atomic mass is 9.81. The molecule has 3 aromatic rings. The van der Waals surface area contributed by atoms with Gasteiger partial charge in [0, 0.05) is 16.5 Å². The lowest BCUT2D eigenvalue weighted by Crippen LogP contribution is -2.21. The van der Waals surface area contributed by atoms with E-state index in [0.717, 1.165) is 40.7 Å². The topological polar surface area (TPSA) is 97.3 Å². The minimum Gasteiger partial charge on any atom is -0.331 e. The van der Waals surface area contributed by atoms with E-state index in [9.17, 15) is 18.0 Å². The Labute approximate surface area is 181 Å². The molecule has 2 N–H and O–H groups in total. The van der Waals surface area contributed by atoms with Crippen LogP contribution >= 0.6 is 0 Å². The summed E-state index contributed by atoms with van der Waals surface area (Å²) in [5, 5.41) is 4.02. The van der Waals surface area contributed by atoms with Crippen LogP contribution in [0.5, 0.6) is 0 Å². The van der Waals surface area contributed by atoms with Gasteiger partial charge in [0.1, 0.15) is 6.54 Å². The number of para-hydroxylation sites is 1. The minimum absolute atomic E-state index is 0.129. The molecule has 0 radical (unpaired) electrons. The van der Waals surface area contributed by atoms with Crippen molar-refractivity contribution in [2.24, 2.45) is 0 Å². The first-order chi connectivity index (χ1) is 15.0. The first-order valence-corrected chi connectivity index (χ1v) is 11.7. The Balaban J connectivity index is 1.79. The number of carbonyl (C=O) groups excluding carboxylic acids is 2. The number of nitrogens with zero attached hydrogens (tertiary/aromatic N) is 1. The van der Waals surface area contributed by atoms with Crippen molar-refractivity contribution in [2.75, 3.05) is 5.32 Å². The van der Waals surface area contributed by atoms with Gasteiger partial charge in [0.2, 0.25) is 16.8 Å². The van der Waals surface area contributed by atoms with Crippen molar-refractivity contribution in [2.45, 2.75) is 44.6 Å². The zero-order valence-electron chi connectivity index (χ0n) is 16.9. The standard InChI is InChI=1S/C23H23N3O4S/c27-20-13-26-19-12-15(23(28)25-31(29)30)10-11-17(19)21(14-6-2-1-3-7-14)22(26)16-8-4-5-9-18(16)24-20/h4-5,8-12,14,31H,1-3,6-7,13H2,(H,24,27)(H,25,28,29,30). The fourth-order valence-corrected chi connectivity index (χ4v) is 5.35. The fourth-order valence-electron chi connectivity index (χ4n) is 5.06. The second-order valence-corrected chi connectivity index (χ2v) is 8.94. The SMILES string of the molecule is O=C1Cn2c(c(C3CCCCC3)c3ccc(C(=O)N[SH](=O)=O)cc32)-c2ccccc2N1. The molecule has 0 spiro atoms. The quantitative estimate of drug-likeness (QED) is 0.546. The Hall–Kier alpha value is -3.13. The molecule has 31 heavy (non-hydrogen) atoms. The van der Waals surface area contributed by atoms with Gasteiger partial charge in [-0.25, -0.2) is 8.42 Å². The van der Waals surface area contributed by atoms with Crippen molar-refractivity contribution in [3.8, 4) is 11.3 Å². The zero-order valence-corrected chi connectivity index (χ0v) is 17.8. The monoisotopic (exact) mass is 437 g/mol. The second kappa shape index (κ2) is 7.85. The predicted octanol–water partition coefficient (Wildman–Crippen LogP) is 3.56. The van der Waals surface area contributed by atoms with Gasteiger partial charge in [0.25, 0.3) is 5.91 Å². The average Bonchev–Trinajstić information content (AvgIpc) is 2.98. The highest BCUT2D eigenvalue weighted by atomic mass is 32.2. The summed E-state index contributed by atoms with van der Waals surface area (Å²) in [5.41, 5.74) is 5.02. The van der Waals surface area contributed by atoms with E-state index in [4.69, 9.17) is 0 Å². The average molecular weight is 438 g/mol. The van der Waals surface area contributed by atoms with Crippen molar-refractivity contribution in [3.05, 3.63) is 53.6 Å². The number of anilines is 1. The van der Waals surface area contributed by atoms with E-state index in [1.807, 2.05) is 39.6 Å². The molecule has 0 unspecified atom stereocenters. The highest BCUT2D eigenvalue weighted by Crippen LogP contribution is 2.46. The Morgan fingerprint density at radius 2 is 1.84 bits per heavy atom. The Morgan fingerprint density at radius 1 is 1.06 bits per heavy atom. The van der Waals surface area contributed by atoms with E-state index < -0.39 is 16.8 Å². The molecule has 1 aliphatic heterocycles. The lowest BCUT2D eigenvalue weighted by molar-refractivity contribution is -0.116. The van der Waals surface area contributed by atoms with Gasteiger partial charge in [-0.15, -0.1) is 0 Å². The number of nitrogens with one attached hydrogen (secondary N) is 2. The van der Waals surface area contributed by atoms with E-state index >= 15 is 0 Å². The molecule has 1 saturated carbocycles. The maximum Gasteiger partial charge on any atom is 0.264 e. The van der Waals surface area contributed by atoms with Crippen molar-refractivity contribution < 1.29 is 18.0 Å². The highest BCUT2D eigenvalue weighted by Gasteiger charge is 2.30. The maximum absolute atomic E-state index is 12.7. The number of fused-ring (bicyclic) bond motifs is 5. The lowest BCUT2D eigenvalue weighted by Gasteiger charge is -2.23. The molecule has 160 valence electrons. The number of hydrogen-bond acceptors (Lipinski definition) is 4. The van der Waals surface area contributed by atoms with Crippen LogP contribution < -0.4 is 10.0 Å². The van der Waals surface area contributed by atoms with Crippen LogP contribution in [0.4, 0.5) is 5.69 Å². The van der Waals surface area contributed by atoms with E-state index in [2.05, 4.69) is 5.32 Å². The minimum atomic E-state index is -3.04. The second-order valence-electron chi connectivity index (χ2n) is 8.21. The van der Waals surface area contributed by atoms with Gasteiger partial charge in [-0.1, -0.05) is 43.5 Å². The molecule has 1 aliphatic carbocycles. The van der Waals surface area contributed by atoms with Crippen LogP contribution in [0, 0.1) is 0 Å². The number of aromatic nitrogens is 1. The molecule has 0 atom stereocenters. The summed E-state index contributed by atoms with van der Waals surface area (Å²) < 4.78 is 25.8. The van der Waals surface area contributed by atoms with Crippen LogP contribution in [-0.4, -0.2) is 24.8 Å². The summed E-state index contributed by atoms with van der Waals surface area (Å²) >= 11 is 0. The molecule has 1 fully saturated rings. The van der Waals surface area contributed by atoms with Gasteiger partial charge in [0.15, 0.2) is 0 Å². The summed E-state index contributed by atoms with van der Waals surface area (Å²) in [5.74, 6) is -0.424. The molecule has 0 saturated heterocycles.